The zero-order valence-corrected chi connectivity index (χ0v) is 6.31. The Hall–Kier alpha value is -0.833. The highest BCUT2D eigenvalue weighted by Crippen LogP contribution is 1.90. The molecule has 0 N–H and O–H groups in total. The summed E-state index contributed by atoms with van der Waals surface area (Å²) in [7, 11) is 0. The van der Waals surface area contributed by atoms with E-state index in [1.165, 1.54) is 0 Å². The van der Waals surface area contributed by atoms with Crippen LogP contribution in [0.3, 0.4) is 0 Å². The van der Waals surface area contributed by atoms with Crippen molar-refractivity contribution in [2.75, 3.05) is 0 Å². The topological polar surface area (TPSA) is 26.3 Å². The van der Waals surface area contributed by atoms with Crippen molar-refractivity contribution in [2.45, 2.75) is 6.92 Å². The fraction of sp³-hybridized carbons (Fsp3) is 0.167. The predicted octanol–water partition coefficient (Wildman–Crippen LogP) is 0.868. The van der Waals surface area contributed by atoms with Crippen LogP contribution in [-0.2, 0) is 9.53 Å². The van der Waals surface area contributed by atoms with Gasteiger partial charge in [0.15, 0.2) is 0 Å². The maximum atomic E-state index is 10.3. The summed E-state index contributed by atoms with van der Waals surface area (Å²) >= 11 is 0. The van der Waals surface area contributed by atoms with E-state index in [9.17, 15) is 4.79 Å². The summed E-state index contributed by atoms with van der Waals surface area (Å²) in [5, 5.41) is 0. The molecule has 0 spiro atoms. The smallest absolute Gasteiger partial charge is 0.337 e. The van der Waals surface area contributed by atoms with E-state index >= 15 is 0 Å². The van der Waals surface area contributed by atoms with Crippen LogP contribution >= 0.6 is 0 Å². The molecule has 0 aliphatic heterocycles. The number of hydrogen-bond acceptors (Lipinski definition) is 2. The Morgan fingerprint density at radius 3 is 2.22 bits per heavy atom. The van der Waals surface area contributed by atoms with Crippen LogP contribution in [-0.4, -0.2) is 16.9 Å². The first-order chi connectivity index (χ1) is 3.68. The summed E-state index contributed by atoms with van der Waals surface area (Å²) in [6, 6.07) is 0. The standard InChI is InChI=1S/C6H8O2.Si/c1-4-8-6(7)5(2)3;/h4H,1-2H2,3H3;. The SMILES string of the molecule is C=COC(=O)C(=C)C.[Si]. The van der Waals surface area contributed by atoms with E-state index in [1.807, 2.05) is 0 Å². The minimum absolute atomic E-state index is 0. The van der Waals surface area contributed by atoms with Gasteiger partial charge in [-0.15, -0.1) is 0 Å². The van der Waals surface area contributed by atoms with Gasteiger partial charge in [0.05, 0.1) is 6.26 Å². The molecule has 0 aliphatic carbocycles. The van der Waals surface area contributed by atoms with Crippen molar-refractivity contribution < 1.29 is 9.53 Å². The zero-order chi connectivity index (χ0) is 6.57. The van der Waals surface area contributed by atoms with Gasteiger partial charge < -0.3 is 4.74 Å². The highest BCUT2D eigenvalue weighted by molar-refractivity contribution is 5.87. The number of ether oxygens (including phenoxy) is 1. The quantitative estimate of drug-likeness (QED) is 0.246. The second-order valence-corrected chi connectivity index (χ2v) is 1.35. The molecule has 48 valence electrons. The van der Waals surface area contributed by atoms with Crippen LogP contribution in [0.4, 0.5) is 0 Å². The van der Waals surface area contributed by atoms with Gasteiger partial charge >= 0.3 is 5.97 Å². The van der Waals surface area contributed by atoms with Gasteiger partial charge in [-0.05, 0) is 6.92 Å². The molecule has 0 rings (SSSR count). The third-order valence-electron chi connectivity index (χ3n) is 0.539. The Morgan fingerprint density at radius 2 is 2.11 bits per heavy atom. The van der Waals surface area contributed by atoms with Crippen molar-refractivity contribution in [2.24, 2.45) is 0 Å². The van der Waals surface area contributed by atoms with Gasteiger partial charge in [0, 0.05) is 16.5 Å². The molecule has 0 fully saturated rings. The second-order valence-electron chi connectivity index (χ2n) is 1.35. The number of carbonyl (C=O) groups is 1. The first-order valence-corrected chi connectivity index (χ1v) is 2.16. The molecule has 0 aromatic rings. The minimum atomic E-state index is -0.431. The Kier molecular flexibility index (Phi) is 6.50. The lowest BCUT2D eigenvalue weighted by Crippen LogP contribution is -1.98. The molecule has 0 aliphatic rings. The van der Waals surface area contributed by atoms with E-state index in [0.29, 0.717) is 5.57 Å². The largest absolute Gasteiger partial charge is 0.432 e. The third-order valence-corrected chi connectivity index (χ3v) is 0.539. The first kappa shape index (κ1) is 11.0. The Morgan fingerprint density at radius 1 is 1.67 bits per heavy atom. The lowest BCUT2D eigenvalue weighted by atomic mass is 10.4. The lowest BCUT2D eigenvalue weighted by Gasteiger charge is -1.92. The monoisotopic (exact) mass is 140 g/mol. The maximum Gasteiger partial charge on any atom is 0.337 e. The fourth-order valence-corrected chi connectivity index (χ4v) is 0.176. The molecule has 0 unspecified atom stereocenters. The van der Waals surface area contributed by atoms with Gasteiger partial charge in [0.2, 0.25) is 0 Å². The Balaban J connectivity index is 0. The van der Waals surface area contributed by atoms with E-state index < -0.39 is 5.97 Å². The van der Waals surface area contributed by atoms with Crippen LogP contribution < -0.4 is 0 Å². The van der Waals surface area contributed by atoms with E-state index in [2.05, 4.69) is 17.9 Å². The molecule has 0 bridgehead atoms. The van der Waals surface area contributed by atoms with Gasteiger partial charge in [0.25, 0.3) is 0 Å². The third kappa shape index (κ3) is 5.03. The highest BCUT2D eigenvalue weighted by atomic mass is 28.1. The number of esters is 1. The van der Waals surface area contributed by atoms with Crippen molar-refractivity contribution >= 4 is 16.9 Å². The Bertz CT molecular complexity index is 129. The fourth-order valence-electron chi connectivity index (χ4n) is 0.176. The van der Waals surface area contributed by atoms with Gasteiger partial charge in [-0.3, -0.25) is 0 Å². The molecule has 4 radical (unpaired) electrons. The molecule has 0 saturated heterocycles. The summed E-state index contributed by atoms with van der Waals surface area (Å²) in [6.45, 7) is 8.13. The summed E-state index contributed by atoms with van der Waals surface area (Å²) in [5.41, 5.74) is 0.380. The zero-order valence-electron chi connectivity index (χ0n) is 5.31. The number of carbonyl (C=O) groups excluding carboxylic acids is 1. The molecule has 9 heavy (non-hydrogen) atoms. The molecule has 0 saturated carbocycles. The lowest BCUT2D eigenvalue weighted by molar-refractivity contribution is -0.133. The van der Waals surface area contributed by atoms with Crippen LogP contribution in [0.2, 0.25) is 0 Å². The van der Waals surface area contributed by atoms with Crippen LogP contribution in [0.15, 0.2) is 25.0 Å². The molecular formula is C6H8O2Si. The average molecular weight is 140 g/mol. The highest BCUT2D eigenvalue weighted by Gasteiger charge is 1.97. The van der Waals surface area contributed by atoms with Crippen molar-refractivity contribution in [3.63, 3.8) is 0 Å². The molecule has 0 amide bonds. The second kappa shape index (κ2) is 5.31. The van der Waals surface area contributed by atoms with Crippen LogP contribution in [0.25, 0.3) is 0 Å². The molecule has 2 nitrogen and oxygen atoms in total. The van der Waals surface area contributed by atoms with E-state index in [0.717, 1.165) is 6.26 Å². The van der Waals surface area contributed by atoms with Gasteiger partial charge in [-0.1, -0.05) is 13.2 Å². The molecule has 3 heteroatoms. The summed E-state index contributed by atoms with van der Waals surface area (Å²) in [4.78, 5) is 10.3. The van der Waals surface area contributed by atoms with Crippen LogP contribution in [0, 0.1) is 0 Å². The molecular weight excluding hydrogens is 132 g/mol. The van der Waals surface area contributed by atoms with Crippen molar-refractivity contribution in [3.05, 3.63) is 25.0 Å². The van der Waals surface area contributed by atoms with Crippen molar-refractivity contribution in [1.82, 2.24) is 0 Å². The van der Waals surface area contributed by atoms with Crippen LogP contribution in [0.5, 0.6) is 0 Å². The van der Waals surface area contributed by atoms with Gasteiger partial charge in [-0.25, -0.2) is 4.79 Å². The maximum absolute atomic E-state index is 10.3. The van der Waals surface area contributed by atoms with E-state index in [1.54, 1.807) is 6.92 Å². The summed E-state index contributed by atoms with van der Waals surface area (Å²) < 4.78 is 4.33. The van der Waals surface area contributed by atoms with E-state index in [4.69, 9.17) is 0 Å². The molecule has 0 aromatic carbocycles. The molecule has 0 heterocycles. The van der Waals surface area contributed by atoms with Gasteiger partial charge in [-0.2, -0.15) is 0 Å². The molecule has 0 aromatic heterocycles. The average Bonchev–Trinajstić information content (AvgIpc) is 1.67. The summed E-state index contributed by atoms with van der Waals surface area (Å²) in [5.74, 6) is -0.431. The van der Waals surface area contributed by atoms with E-state index in [-0.39, 0.29) is 11.0 Å². The minimum Gasteiger partial charge on any atom is -0.432 e. The van der Waals surface area contributed by atoms with Crippen molar-refractivity contribution in [3.8, 4) is 0 Å². The number of rotatable bonds is 2. The van der Waals surface area contributed by atoms with Crippen molar-refractivity contribution in [1.29, 1.82) is 0 Å². The van der Waals surface area contributed by atoms with Crippen LogP contribution in [0.1, 0.15) is 6.92 Å². The first-order valence-electron chi connectivity index (χ1n) is 2.16. The summed E-state index contributed by atoms with van der Waals surface area (Å²) in [6.07, 6.45) is 1.08. The predicted molar refractivity (Wildman–Crippen MR) is 36.9 cm³/mol. The molecule has 0 atom stereocenters. The number of hydrogen-bond donors (Lipinski definition) is 0. The Labute approximate surface area is 59.2 Å². The normalized spacial score (nSPS) is 6.78. The van der Waals surface area contributed by atoms with Gasteiger partial charge in [0.1, 0.15) is 0 Å².